The molecular formula is C19H24ClN3OS. The van der Waals surface area contributed by atoms with Gasteiger partial charge in [0.1, 0.15) is 0 Å². The van der Waals surface area contributed by atoms with Gasteiger partial charge in [0, 0.05) is 53.3 Å². The van der Waals surface area contributed by atoms with Crippen molar-refractivity contribution in [2.24, 2.45) is 0 Å². The van der Waals surface area contributed by atoms with Crippen molar-refractivity contribution in [3.05, 3.63) is 44.6 Å². The van der Waals surface area contributed by atoms with Gasteiger partial charge in [-0.1, -0.05) is 6.92 Å². The molecule has 1 fully saturated rings. The summed E-state index contributed by atoms with van der Waals surface area (Å²) < 4.78 is 6.41. The van der Waals surface area contributed by atoms with Crippen molar-refractivity contribution in [2.45, 2.75) is 57.7 Å². The van der Waals surface area contributed by atoms with Crippen LogP contribution in [0.4, 0.5) is 0 Å². The minimum absolute atomic E-state index is 0.0794. The molecule has 0 aliphatic carbocycles. The maximum atomic E-state index is 6.41. The van der Waals surface area contributed by atoms with Gasteiger partial charge in [-0.25, -0.2) is 9.97 Å². The zero-order valence-corrected chi connectivity index (χ0v) is 16.4. The van der Waals surface area contributed by atoms with Crippen LogP contribution in [0.25, 0.3) is 0 Å². The molecule has 25 heavy (non-hydrogen) atoms. The standard InChI is InChI=1S/C19H24ClN3OS/c1-3-15-8-16-17(25-15)4-7-24-19(16)5-6-23(13(2)9-19)12-14-10-21-18(20)22-11-14/h8,10-11,13H,3-7,9,12H2,1-2H3/t13-,19+/m0/s1. The Labute approximate surface area is 158 Å². The Morgan fingerprint density at radius 3 is 2.92 bits per heavy atom. The van der Waals surface area contributed by atoms with Crippen molar-refractivity contribution >= 4 is 22.9 Å². The number of aromatic nitrogens is 2. The van der Waals surface area contributed by atoms with E-state index in [-0.39, 0.29) is 5.60 Å². The number of fused-ring (bicyclic) bond motifs is 2. The second kappa shape index (κ2) is 6.95. The van der Waals surface area contributed by atoms with Crippen LogP contribution in [0.5, 0.6) is 0 Å². The van der Waals surface area contributed by atoms with E-state index in [0.29, 0.717) is 11.3 Å². The lowest BCUT2D eigenvalue weighted by Crippen LogP contribution is -2.50. The summed E-state index contributed by atoms with van der Waals surface area (Å²) in [5.74, 6) is 0. The summed E-state index contributed by atoms with van der Waals surface area (Å²) >= 11 is 7.78. The second-order valence-electron chi connectivity index (χ2n) is 7.13. The van der Waals surface area contributed by atoms with E-state index in [0.717, 1.165) is 50.9 Å². The van der Waals surface area contributed by atoms with E-state index in [9.17, 15) is 0 Å². The molecule has 4 heterocycles. The molecule has 0 aromatic carbocycles. The predicted molar refractivity (Wildman–Crippen MR) is 101 cm³/mol. The van der Waals surface area contributed by atoms with E-state index in [1.807, 2.05) is 23.7 Å². The fourth-order valence-electron chi connectivity index (χ4n) is 4.17. The first kappa shape index (κ1) is 17.4. The number of ether oxygens (including phenoxy) is 1. The van der Waals surface area contributed by atoms with Gasteiger partial charge in [0.2, 0.25) is 5.28 Å². The molecule has 0 N–H and O–H groups in total. The smallest absolute Gasteiger partial charge is 0.222 e. The Balaban J connectivity index is 1.51. The summed E-state index contributed by atoms with van der Waals surface area (Å²) in [7, 11) is 0. The van der Waals surface area contributed by atoms with Crippen molar-refractivity contribution in [3.8, 4) is 0 Å². The van der Waals surface area contributed by atoms with Gasteiger partial charge in [0.15, 0.2) is 0 Å². The molecule has 1 spiro atoms. The Hall–Kier alpha value is -1.01. The van der Waals surface area contributed by atoms with Crippen LogP contribution >= 0.6 is 22.9 Å². The molecule has 134 valence electrons. The fraction of sp³-hybridized carbons (Fsp3) is 0.579. The lowest BCUT2D eigenvalue weighted by molar-refractivity contribution is -0.112. The summed E-state index contributed by atoms with van der Waals surface area (Å²) in [4.78, 5) is 13.7. The summed E-state index contributed by atoms with van der Waals surface area (Å²) in [6.07, 6.45) is 7.95. The minimum atomic E-state index is -0.0794. The van der Waals surface area contributed by atoms with Gasteiger partial charge < -0.3 is 4.74 Å². The highest BCUT2D eigenvalue weighted by atomic mass is 35.5. The van der Waals surface area contributed by atoms with Crippen LogP contribution in [-0.4, -0.2) is 34.1 Å². The van der Waals surface area contributed by atoms with E-state index >= 15 is 0 Å². The van der Waals surface area contributed by atoms with E-state index in [4.69, 9.17) is 16.3 Å². The van der Waals surface area contributed by atoms with Crippen molar-refractivity contribution in [1.29, 1.82) is 0 Å². The Kier molecular flexibility index (Phi) is 4.84. The van der Waals surface area contributed by atoms with Crippen LogP contribution in [0.15, 0.2) is 18.5 Å². The Morgan fingerprint density at radius 2 is 2.20 bits per heavy atom. The average molecular weight is 378 g/mol. The van der Waals surface area contributed by atoms with Gasteiger partial charge in [-0.15, -0.1) is 11.3 Å². The van der Waals surface area contributed by atoms with Crippen molar-refractivity contribution in [3.63, 3.8) is 0 Å². The van der Waals surface area contributed by atoms with E-state index < -0.39 is 0 Å². The summed E-state index contributed by atoms with van der Waals surface area (Å²) in [6, 6.07) is 2.87. The maximum Gasteiger partial charge on any atom is 0.222 e. The fourth-order valence-corrected chi connectivity index (χ4v) is 5.44. The van der Waals surface area contributed by atoms with Crippen molar-refractivity contribution in [1.82, 2.24) is 14.9 Å². The number of rotatable bonds is 3. The molecule has 2 aromatic rings. The molecule has 2 atom stereocenters. The lowest BCUT2D eigenvalue weighted by atomic mass is 9.79. The highest BCUT2D eigenvalue weighted by Gasteiger charge is 2.44. The molecule has 0 radical (unpaired) electrons. The molecular weight excluding hydrogens is 354 g/mol. The third-order valence-electron chi connectivity index (χ3n) is 5.52. The molecule has 2 aromatic heterocycles. The monoisotopic (exact) mass is 377 g/mol. The van der Waals surface area contributed by atoms with Crippen molar-refractivity contribution in [2.75, 3.05) is 13.2 Å². The van der Waals surface area contributed by atoms with Gasteiger partial charge in [0.25, 0.3) is 0 Å². The van der Waals surface area contributed by atoms with E-state index in [1.165, 1.54) is 10.4 Å². The van der Waals surface area contributed by atoms with Gasteiger partial charge in [-0.3, -0.25) is 4.90 Å². The largest absolute Gasteiger partial charge is 0.370 e. The molecule has 0 bridgehead atoms. The molecule has 4 rings (SSSR count). The molecule has 4 nitrogen and oxygen atoms in total. The molecule has 0 saturated carbocycles. The molecule has 6 heteroatoms. The SMILES string of the molecule is CCc1cc2c(s1)CCO[C@@]21CCN(Cc2cnc(Cl)nc2)[C@@H](C)C1. The third kappa shape index (κ3) is 3.35. The normalized spacial score (nSPS) is 26.8. The number of piperidine rings is 1. The van der Waals surface area contributed by atoms with Crippen LogP contribution in [0.2, 0.25) is 5.28 Å². The van der Waals surface area contributed by atoms with Gasteiger partial charge in [-0.2, -0.15) is 0 Å². The number of thiophene rings is 1. The Bertz CT molecular complexity index is 748. The van der Waals surface area contributed by atoms with Crippen LogP contribution < -0.4 is 0 Å². The van der Waals surface area contributed by atoms with Crippen LogP contribution in [0, 0.1) is 0 Å². The zero-order chi connectivity index (χ0) is 17.4. The molecule has 1 saturated heterocycles. The lowest BCUT2D eigenvalue weighted by Gasteiger charge is -2.47. The first-order valence-electron chi connectivity index (χ1n) is 9.06. The van der Waals surface area contributed by atoms with Crippen LogP contribution in [-0.2, 0) is 29.7 Å². The van der Waals surface area contributed by atoms with Crippen molar-refractivity contribution < 1.29 is 4.74 Å². The summed E-state index contributed by atoms with van der Waals surface area (Å²) in [5.41, 5.74) is 2.51. The second-order valence-corrected chi connectivity index (χ2v) is 8.69. The average Bonchev–Trinajstić information content (AvgIpc) is 3.04. The zero-order valence-electron chi connectivity index (χ0n) is 14.8. The number of hydrogen-bond acceptors (Lipinski definition) is 5. The number of likely N-dealkylation sites (tertiary alicyclic amines) is 1. The topological polar surface area (TPSA) is 38.2 Å². The first-order valence-corrected chi connectivity index (χ1v) is 10.3. The molecule has 0 amide bonds. The Morgan fingerprint density at radius 1 is 1.40 bits per heavy atom. The number of nitrogens with zero attached hydrogens (tertiary/aromatic N) is 3. The van der Waals surface area contributed by atoms with E-state index in [1.54, 1.807) is 4.88 Å². The quantitative estimate of drug-likeness (QED) is 0.751. The van der Waals surface area contributed by atoms with E-state index in [2.05, 4.69) is 34.8 Å². The van der Waals surface area contributed by atoms with Crippen LogP contribution in [0.1, 0.15) is 47.6 Å². The van der Waals surface area contributed by atoms with Gasteiger partial charge >= 0.3 is 0 Å². The van der Waals surface area contributed by atoms with Crippen LogP contribution in [0.3, 0.4) is 0 Å². The highest BCUT2D eigenvalue weighted by molar-refractivity contribution is 7.12. The van der Waals surface area contributed by atoms with Gasteiger partial charge in [-0.05, 0) is 49.4 Å². The first-order chi connectivity index (χ1) is 12.1. The number of aryl methyl sites for hydroxylation is 1. The highest BCUT2D eigenvalue weighted by Crippen LogP contribution is 2.46. The predicted octanol–water partition coefficient (Wildman–Crippen LogP) is 4.21. The van der Waals surface area contributed by atoms with Gasteiger partial charge in [0.05, 0.1) is 12.2 Å². The molecule has 2 aliphatic rings. The number of hydrogen-bond donors (Lipinski definition) is 0. The third-order valence-corrected chi connectivity index (χ3v) is 7.05. The summed E-state index contributed by atoms with van der Waals surface area (Å²) in [5, 5.41) is 0.307. The number of halogens is 1. The maximum absolute atomic E-state index is 6.41. The minimum Gasteiger partial charge on any atom is -0.370 e. The summed E-state index contributed by atoms with van der Waals surface area (Å²) in [6.45, 7) is 7.30. The molecule has 2 aliphatic heterocycles. The molecule has 0 unspecified atom stereocenters.